The lowest BCUT2D eigenvalue weighted by atomic mass is 10.1. The molecule has 4 nitrogen and oxygen atoms in total. The van der Waals surface area contributed by atoms with Gasteiger partial charge < -0.3 is 15.2 Å². The molecule has 0 spiro atoms. The van der Waals surface area contributed by atoms with Gasteiger partial charge in [0.1, 0.15) is 0 Å². The summed E-state index contributed by atoms with van der Waals surface area (Å²) in [4.78, 5) is 3.20. The van der Waals surface area contributed by atoms with Crippen LogP contribution in [0.5, 0.6) is 0 Å². The van der Waals surface area contributed by atoms with Crippen molar-refractivity contribution in [1.29, 1.82) is 0 Å². The first kappa shape index (κ1) is 9.03. The van der Waals surface area contributed by atoms with E-state index in [0.29, 0.717) is 11.6 Å². The fraction of sp³-hybridized carbons (Fsp3) is 0.0833. The molecule has 0 saturated heterocycles. The lowest BCUT2D eigenvalue weighted by Gasteiger charge is -1.96. The van der Waals surface area contributed by atoms with Gasteiger partial charge in [-0.1, -0.05) is 5.16 Å². The van der Waals surface area contributed by atoms with E-state index in [1.165, 1.54) is 10.9 Å². The van der Waals surface area contributed by atoms with Crippen molar-refractivity contribution >= 4 is 16.7 Å². The van der Waals surface area contributed by atoms with Gasteiger partial charge in [-0.3, -0.25) is 0 Å². The monoisotopic (exact) mass is 213 g/mol. The molecule has 2 aromatic heterocycles. The van der Waals surface area contributed by atoms with Crippen LogP contribution in [0.2, 0.25) is 0 Å². The lowest BCUT2D eigenvalue weighted by Crippen LogP contribution is -1.80. The van der Waals surface area contributed by atoms with Crippen LogP contribution >= 0.6 is 0 Å². The van der Waals surface area contributed by atoms with Crippen LogP contribution in [0.25, 0.3) is 22.2 Å². The minimum Gasteiger partial charge on any atom is -0.381 e. The Hall–Kier alpha value is -2.23. The number of nitrogens with two attached hydrogens (primary N) is 1. The van der Waals surface area contributed by atoms with Crippen LogP contribution in [0.3, 0.4) is 0 Å². The van der Waals surface area contributed by atoms with E-state index in [1.54, 1.807) is 6.07 Å². The molecule has 0 atom stereocenters. The van der Waals surface area contributed by atoms with E-state index in [-0.39, 0.29) is 0 Å². The molecule has 0 aliphatic rings. The molecular weight excluding hydrogens is 202 g/mol. The molecule has 0 saturated carbocycles. The van der Waals surface area contributed by atoms with Gasteiger partial charge in [-0.2, -0.15) is 0 Å². The highest BCUT2D eigenvalue weighted by atomic mass is 16.5. The van der Waals surface area contributed by atoms with E-state index in [0.717, 1.165) is 11.1 Å². The summed E-state index contributed by atoms with van der Waals surface area (Å²) in [6.07, 6.45) is 1.99. The molecule has 80 valence electrons. The highest BCUT2D eigenvalue weighted by Crippen LogP contribution is 2.26. The van der Waals surface area contributed by atoms with Gasteiger partial charge in [0.2, 0.25) is 0 Å². The van der Waals surface area contributed by atoms with E-state index >= 15 is 0 Å². The molecular formula is C12H11N3O. The molecule has 1 aromatic carbocycles. The van der Waals surface area contributed by atoms with Gasteiger partial charge in [0.25, 0.3) is 0 Å². The molecule has 4 heteroatoms. The molecule has 3 N–H and O–H groups in total. The Kier molecular flexibility index (Phi) is 1.77. The first-order valence-electron chi connectivity index (χ1n) is 5.04. The van der Waals surface area contributed by atoms with Crippen LogP contribution in [0.1, 0.15) is 5.56 Å². The molecule has 0 fully saturated rings. The van der Waals surface area contributed by atoms with E-state index in [2.05, 4.69) is 23.1 Å². The maximum atomic E-state index is 5.53. The predicted molar refractivity (Wildman–Crippen MR) is 62.9 cm³/mol. The number of hydrogen-bond acceptors (Lipinski definition) is 3. The molecule has 0 bridgehead atoms. The molecule has 0 aliphatic heterocycles. The minimum absolute atomic E-state index is 0.404. The number of aromatic nitrogens is 2. The summed E-state index contributed by atoms with van der Waals surface area (Å²) in [5.41, 5.74) is 8.84. The summed E-state index contributed by atoms with van der Waals surface area (Å²) in [5, 5.41) is 4.87. The number of anilines is 1. The van der Waals surface area contributed by atoms with Crippen molar-refractivity contribution in [2.24, 2.45) is 0 Å². The van der Waals surface area contributed by atoms with Crippen molar-refractivity contribution < 1.29 is 4.52 Å². The molecule has 0 radical (unpaired) electrons. The van der Waals surface area contributed by atoms with Gasteiger partial charge in [0.05, 0.1) is 0 Å². The summed E-state index contributed by atoms with van der Waals surface area (Å²) in [5.74, 6) is 1.10. The smallest absolute Gasteiger partial charge is 0.169 e. The van der Waals surface area contributed by atoms with Gasteiger partial charge in [0, 0.05) is 28.7 Å². The zero-order chi connectivity index (χ0) is 11.1. The number of aryl methyl sites for hydroxylation is 1. The Bertz CT molecular complexity index is 651. The Morgan fingerprint density at radius 3 is 2.94 bits per heavy atom. The second-order valence-corrected chi connectivity index (χ2v) is 3.85. The molecule has 0 unspecified atom stereocenters. The predicted octanol–water partition coefficient (Wildman–Crippen LogP) is 2.71. The van der Waals surface area contributed by atoms with Crippen LogP contribution < -0.4 is 5.73 Å². The average Bonchev–Trinajstić information content (AvgIpc) is 2.86. The third-order valence-corrected chi connectivity index (χ3v) is 2.70. The van der Waals surface area contributed by atoms with Gasteiger partial charge in [-0.25, -0.2) is 0 Å². The largest absolute Gasteiger partial charge is 0.381 e. The second kappa shape index (κ2) is 3.13. The Morgan fingerprint density at radius 1 is 1.31 bits per heavy atom. The first-order chi connectivity index (χ1) is 7.74. The topological polar surface area (TPSA) is 67.8 Å². The summed E-state index contributed by atoms with van der Waals surface area (Å²) >= 11 is 0. The summed E-state index contributed by atoms with van der Waals surface area (Å²) in [7, 11) is 0. The summed E-state index contributed by atoms with van der Waals surface area (Å²) in [6.45, 7) is 2.07. The minimum atomic E-state index is 0.404. The van der Waals surface area contributed by atoms with Crippen LogP contribution in [-0.2, 0) is 0 Å². The highest BCUT2D eigenvalue weighted by molar-refractivity contribution is 5.87. The Balaban J connectivity index is 2.21. The third kappa shape index (κ3) is 1.27. The van der Waals surface area contributed by atoms with Gasteiger partial charge in [-0.05, 0) is 30.7 Å². The van der Waals surface area contributed by atoms with Crippen LogP contribution in [-0.4, -0.2) is 10.1 Å². The number of fused-ring (bicyclic) bond motifs is 1. The number of nitrogens with zero attached hydrogens (tertiary/aromatic N) is 1. The van der Waals surface area contributed by atoms with Crippen LogP contribution in [0.4, 0.5) is 5.82 Å². The fourth-order valence-electron chi connectivity index (χ4n) is 1.84. The molecule has 2 heterocycles. The summed E-state index contributed by atoms with van der Waals surface area (Å²) < 4.78 is 5.13. The summed E-state index contributed by atoms with van der Waals surface area (Å²) in [6, 6.07) is 7.80. The van der Waals surface area contributed by atoms with Crippen molar-refractivity contribution in [3.63, 3.8) is 0 Å². The standard InChI is InChI=1S/C12H11N3O/c1-7-6-14-10-3-2-8(4-9(7)10)11-5-12(13)15-16-11/h2-6,14H,1H3,(H2,13,15). The van der Waals surface area contributed by atoms with Crippen molar-refractivity contribution in [2.45, 2.75) is 6.92 Å². The average molecular weight is 213 g/mol. The number of aromatic amines is 1. The maximum absolute atomic E-state index is 5.53. The molecule has 0 aliphatic carbocycles. The number of benzene rings is 1. The van der Waals surface area contributed by atoms with Crippen molar-refractivity contribution in [3.05, 3.63) is 36.0 Å². The van der Waals surface area contributed by atoms with Crippen molar-refractivity contribution in [2.75, 3.05) is 5.73 Å². The Morgan fingerprint density at radius 2 is 2.19 bits per heavy atom. The quantitative estimate of drug-likeness (QED) is 0.653. The fourth-order valence-corrected chi connectivity index (χ4v) is 1.84. The molecule has 16 heavy (non-hydrogen) atoms. The SMILES string of the molecule is Cc1c[nH]c2ccc(-c3cc(N)no3)cc12. The number of nitrogen functional groups attached to an aromatic ring is 1. The van der Waals surface area contributed by atoms with Crippen LogP contribution in [0, 0.1) is 6.92 Å². The molecule has 0 amide bonds. The molecule has 3 aromatic rings. The van der Waals surface area contributed by atoms with E-state index in [9.17, 15) is 0 Å². The second-order valence-electron chi connectivity index (χ2n) is 3.85. The number of nitrogens with one attached hydrogen (secondary N) is 1. The molecule has 3 rings (SSSR count). The van der Waals surface area contributed by atoms with E-state index < -0.39 is 0 Å². The van der Waals surface area contributed by atoms with E-state index in [1.807, 2.05) is 18.3 Å². The van der Waals surface area contributed by atoms with Gasteiger partial charge in [0.15, 0.2) is 11.6 Å². The number of rotatable bonds is 1. The maximum Gasteiger partial charge on any atom is 0.169 e. The number of hydrogen-bond donors (Lipinski definition) is 2. The third-order valence-electron chi connectivity index (χ3n) is 2.70. The van der Waals surface area contributed by atoms with Crippen molar-refractivity contribution in [1.82, 2.24) is 10.1 Å². The lowest BCUT2D eigenvalue weighted by molar-refractivity contribution is 0.436. The van der Waals surface area contributed by atoms with Gasteiger partial charge in [-0.15, -0.1) is 0 Å². The number of H-pyrrole nitrogens is 1. The van der Waals surface area contributed by atoms with Crippen LogP contribution in [0.15, 0.2) is 35.0 Å². The first-order valence-corrected chi connectivity index (χ1v) is 5.04. The normalized spacial score (nSPS) is 11.1. The van der Waals surface area contributed by atoms with Gasteiger partial charge >= 0.3 is 0 Å². The van der Waals surface area contributed by atoms with Crippen molar-refractivity contribution in [3.8, 4) is 11.3 Å². The highest BCUT2D eigenvalue weighted by Gasteiger charge is 2.07. The Labute approximate surface area is 92.0 Å². The zero-order valence-corrected chi connectivity index (χ0v) is 8.82. The van der Waals surface area contributed by atoms with E-state index in [4.69, 9.17) is 10.3 Å². The zero-order valence-electron chi connectivity index (χ0n) is 8.82.